The highest BCUT2D eigenvalue weighted by Gasteiger charge is 2.18. The first kappa shape index (κ1) is 16.6. The van der Waals surface area contributed by atoms with Crippen molar-refractivity contribution >= 4 is 17.7 Å². The van der Waals surface area contributed by atoms with Gasteiger partial charge in [-0.2, -0.15) is 0 Å². The summed E-state index contributed by atoms with van der Waals surface area (Å²) in [7, 11) is 1.98. The van der Waals surface area contributed by atoms with Crippen LogP contribution >= 0.6 is 11.8 Å². The lowest BCUT2D eigenvalue weighted by molar-refractivity contribution is -0.120. The predicted octanol–water partition coefficient (Wildman–Crippen LogP) is 3.48. The molecule has 4 nitrogen and oxygen atoms in total. The number of hydrogen-bond donors (Lipinski definition) is 1. The maximum absolute atomic E-state index is 12.0. The number of imidazole rings is 1. The monoisotopic (exact) mass is 317 g/mol. The number of aromatic nitrogens is 2. The Morgan fingerprint density at radius 3 is 2.64 bits per heavy atom. The van der Waals surface area contributed by atoms with Crippen LogP contribution in [-0.2, 0) is 11.8 Å². The van der Waals surface area contributed by atoms with Crippen molar-refractivity contribution in [2.75, 3.05) is 5.75 Å². The van der Waals surface area contributed by atoms with E-state index in [0.29, 0.717) is 5.75 Å². The van der Waals surface area contributed by atoms with Gasteiger partial charge in [-0.05, 0) is 25.8 Å². The van der Waals surface area contributed by atoms with Crippen LogP contribution < -0.4 is 5.32 Å². The van der Waals surface area contributed by atoms with E-state index in [2.05, 4.69) is 29.4 Å². The van der Waals surface area contributed by atoms with E-state index in [1.165, 1.54) is 11.8 Å². The van der Waals surface area contributed by atoms with Gasteiger partial charge in [0, 0.05) is 12.6 Å². The second kappa shape index (κ2) is 7.01. The van der Waals surface area contributed by atoms with Crippen LogP contribution in [0.3, 0.4) is 0 Å². The van der Waals surface area contributed by atoms with Gasteiger partial charge in [0.2, 0.25) is 5.91 Å². The van der Waals surface area contributed by atoms with Crippen LogP contribution in [0.25, 0.3) is 11.3 Å². The lowest BCUT2D eigenvalue weighted by Crippen LogP contribution is -2.43. The molecule has 0 saturated heterocycles. The molecular weight excluding hydrogens is 294 g/mol. The number of carbonyl (C=O) groups excluding carboxylic acids is 1. The van der Waals surface area contributed by atoms with Gasteiger partial charge in [-0.3, -0.25) is 4.79 Å². The van der Waals surface area contributed by atoms with Crippen LogP contribution in [0.2, 0.25) is 0 Å². The standard InChI is InChI=1S/C17H23N3OS/c1-5-17(2,3)19-15(21)12-22-16-18-11-14(20(16)4)13-9-7-6-8-10-13/h6-11H,5,12H2,1-4H3,(H,19,21). The Morgan fingerprint density at radius 1 is 1.32 bits per heavy atom. The summed E-state index contributed by atoms with van der Waals surface area (Å²) in [6, 6.07) is 10.1. The lowest BCUT2D eigenvalue weighted by Gasteiger charge is -2.24. The van der Waals surface area contributed by atoms with Gasteiger partial charge in [0.05, 0.1) is 17.6 Å². The van der Waals surface area contributed by atoms with Crippen molar-refractivity contribution in [2.24, 2.45) is 7.05 Å². The molecule has 0 saturated carbocycles. The van der Waals surface area contributed by atoms with Gasteiger partial charge in [-0.1, -0.05) is 49.0 Å². The Balaban J connectivity index is 2.00. The van der Waals surface area contributed by atoms with Crippen LogP contribution in [0, 0.1) is 0 Å². The van der Waals surface area contributed by atoms with Crippen molar-refractivity contribution in [2.45, 2.75) is 37.9 Å². The van der Waals surface area contributed by atoms with Crippen LogP contribution in [0.5, 0.6) is 0 Å². The Bertz CT molecular complexity index is 635. The molecule has 22 heavy (non-hydrogen) atoms. The summed E-state index contributed by atoms with van der Waals surface area (Å²) in [6.07, 6.45) is 2.76. The third-order valence-corrected chi connectivity index (χ3v) is 4.75. The Labute approximate surface area is 136 Å². The van der Waals surface area contributed by atoms with Crippen molar-refractivity contribution in [1.82, 2.24) is 14.9 Å². The highest BCUT2D eigenvalue weighted by atomic mass is 32.2. The van der Waals surface area contributed by atoms with E-state index >= 15 is 0 Å². The zero-order valence-corrected chi connectivity index (χ0v) is 14.4. The summed E-state index contributed by atoms with van der Waals surface area (Å²) in [5.41, 5.74) is 2.02. The highest BCUT2D eigenvalue weighted by molar-refractivity contribution is 7.99. The third kappa shape index (κ3) is 4.13. The SMILES string of the molecule is CCC(C)(C)NC(=O)CSc1ncc(-c2ccccc2)n1C. The first-order valence-corrected chi connectivity index (χ1v) is 8.42. The normalized spacial score (nSPS) is 11.5. The summed E-state index contributed by atoms with van der Waals surface area (Å²) >= 11 is 1.46. The van der Waals surface area contributed by atoms with Crippen LogP contribution in [0.1, 0.15) is 27.2 Å². The molecule has 0 aliphatic carbocycles. The van der Waals surface area contributed by atoms with Gasteiger partial charge in [0.15, 0.2) is 5.16 Å². The molecule has 0 bridgehead atoms. The number of amides is 1. The molecule has 0 fully saturated rings. The minimum Gasteiger partial charge on any atom is -0.351 e. The Kier molecular flexibility index (Phi) is 5.29. The average molecular weight is 317 g/mol. The van der Waals surface area contributed by atoms with E-state index in [-0.39, 0.29) is 11.4 Å². The molecule has 1 aromatic heterocycles. The first-order valence-electron chi connectivity index (χ1n) is 7.44. The minimum atomic E-state index is -0.158. The lowest BCUT2D eigenvalue weighted by atomic mass is 10.0. The summed E-state index contributed by atoms with van der Waals surface area (Å²) in [5.74, 6) is 0.420. The number of carbonyl (C=O) groups is 1. The minimum absolute atomic E-state index is 0.0427. The van der Waals surface area contributed by atoms with Gasteiger partial charge >= 0.3 is 0 Å². The smallest absolute Gasteiger partial charge is 0.230 e. The largest absolute Gasteiger partial charge is 0.351 e. The number of hydrogen-bond acceptors (Lipinski definition) is 3. The fourth-order valence-electron chi connectivity index (χ4n) is 2.04. The van der Waals surface area contributed by atoms with Crippen molar-refractivity contribution < 1.29 is 4.79 Å². The van der Waals surface area contributed by atoms with E-state index in [4.69, 9.17) is 0 Å². The number of rotatable bonds is 6. The number of thioether (sulfide) groups is 1. The summed E-state index contributed by atoms with van der Waals surface area (Å²) < 4.78 is 2.03. The molecule has 2 rings (SSSR count). The zero-order chi connectivity index (χ0) is 16.2. The predicted molar refractivity (Wildman–Crippen MR) is 91.9 cm³/mol. The molecule has 118 valence electrons. The van der Waals surface area contributed by atoms with E-state index in [0.717, 1.165) is 22.8 Å². The quantitative estimate of drug-likeness (QED) is 0.830. The molecule has 0 unspecified atom stereocenters. The molecule has 1 heterocycles. The van der Waals surface area contributed by atoms with E-state index < -0.39 is 0 Å². The summed E-state index contributed by atoms with van der Waals surface area (Å²) in [5, 5.41) is 3.89. The highest BCUT2D eigenvalue weighted by Crippen LogP contribution is 2.24. The van der Waals surface area contributed by atoms with Crippen LogP contribution in [0.4, 0.5) is 0 Å². The summed E-state index contributed by atoms with van der Waals surface area (Å²) in [6.45, 7) is 6.13. The fourth-order valence-corrected chi connectivity index (χ4v) is 2.79. The van der Waals surface area contributed by atoms with Crippen molar-refractivity contribution in [3.63, 3.8) is 0 Å². The van der Waals surface area contributed by atoms with Gasteiger partial charge < -0.3 is 9.88 Å². The number of nitrogens with zero attached hydrogens (tertiary/aromatic N) is 2. The number of benzene rings is 1. The summed E-state index contributed by atoms with van der Waals surface area (Å²) in [4.78, 5) is 16.4. The molecule has 0 atom stereocenters. The molecular formula is C17H23N3OS. The number of nitrogens with one attached hydrogen (secondary N) is 1. The molecule has 1 N–H and O–H groups in total. The second-order valence-corrected chi connectivity index (χ2v) is 6.87. The van der Waals surface area contributed by atoms with Gasteiger partial charge in [0.25, 0.3) is 0 Å². The molecule has 0 aliphatic rings. The third-order valence-electron chi connectivity index (χ3n) is 3.71. The Morgan fingerprint density at radius 2 is 2.00 bits per heavy atom. The van der Waals surface area contributed by atoms with Crippen molar-refractivity contribution in [3.05, 3.63) is 36.5 Å². The second-order valence-electron chi connectivity index (χ2n) is 5.93. The molecule has 0 radical (unpaired) electrons. The topological polar surface area (TPSA) is 46.9 Å². The van der Waals surface area contributed by atoms with Crippen LogP contribution in [-0.4, -0.2) is 26.8 Å². The van der Waals surface area contributed by atoms with Gasteiger partial charge in [-0.15, -0.1) is 0 Å². The van der Waals surface area contributed by atoms with Gasteiger partial charge in [0.1, 0.15) is 0 Å². The molecule has 2 aromatic rings. The average Bonchev–Trinajstić information content (AvgIpc) is 2.87. The molecule has 0 aliphatic heterocycles. The molecule has 5 heteroatoms. The van der Waals surface area contributed by atoms with Crippen LogP contribution in [0.15, 0.2) is 41.7 Å². The maximum Gasteiger partial charge on any atom is 0.230 e. The van der Waals surface area contributed by atoms with Gasteiger partial charge in [-0.25, -0.2) is 4.98 Å². The van der Waals surface area contributed by atoms with E-state index in [1.54, 1.807) is 0 Å². The van der Waals surface area contributed by atoms with E-state index in [1.807, 2.05) is 49.9 Å². The van der Waals surface area contributed by atoms with Crippen molar-refractivity contribution in [3.8, 4) is 11.3 Å². The maximum atomic E-state index is 12.0. The fraction of sp³-hybridized carbons (Fsp3) is 0.412. The van der Waals surface area contributed by atoms with E-state index in [9.17, 15) is 4.79 Å². The molecule has 1 aromatic carbocycles. The Hall–Kier alpha value is -1.75. The molecule has 1 amide bonds. The zero-order valence-electron chi connectivity index (χ0n) is 13.6. The molecule has 0 spiro atoms. The first-order chi connectivity index (χ1) is 10.4. The van der Waals surface area contributed by atoms with Crippen molar-refractivity contribution in [1.29, 1.82) is 0 Å².